The highest BCUT2D eigenvalue weighted by atomic mass is 19.4. The summed E-state index contributed by atoms with van der Waals surface area (Å²) < 4.78 is 40.7. The van der Waals surface area contributed by atoms with E-state index in [4.69, 9.17) is 4.74 Å². The normalized spacial score (nSPS) is 21.4. The first-order chi connectivity index (χ1) is 8.11. The lowest BCUT2D eigenvalue weighted by atomic mass is 9.75. The van der Waals surface area contributed by atoms with Crippen molar-refractivity contribution in [3.05, 3.63) is 0 Å². The highest BCUT2D eigenvalue weighted by Gasteiger charge is 2.40. The second-order valence-electron chi connectivity index (χ2n) is 5.42. The van der Waals surface area contributed by atoms with Gasteiger partial charge in [-0.3, -0.25) is 9.59 Å². The molecule has 0 N–H and O–H groups in total. The van der Waals surface area contributed by atoms with Gasteiger partial charge in [-0.15, -0.1) is 0 Å². The van der Waals surface area contributed by atoms with Crippen LogP contribution in [0.2, 0.25) is 0 Å². The summed E-state index contributed by atoms with van der Waals surface area (Å²) in [5.41, 5.74) is -0.375. The van der Waals surface area contributed by atoms with E-state index in [2.05, 4.69) is 0 Å². The van der Waals surface area contributed by atoms with Crippen molar-refractivity contribution in [3.8, 4) is 0 Å². The predicted molar refractivity (Wildman–Crippen MR) is 58.1 cm³/mol. The Kier molecular flexibility index (Phi) is 4.53. The Morgan fingerprint density at radius 2 is 1.72 bits per heavy atom. The van der Waals surface area contributed by atoms with E-state index in [0.717, 1.165) is 0 Å². The van der Waals surface area contributed by atoms with Gasteiger partial charge < -0.3 is 4.74 Å². The Bertz CT molecular complexity index is 314. The summed E-state index contributed by atoms with van der Waals surface area (Å²) in [5, 5.41) is 0. The van der Waals surface area contributed by atoms with Gasteiger partial charge in [0.25, 0.3) is 0 Å². The molecule has 0 spiro atoms. The number of alkyl halides is 3. The lowest BCUT2D eigenvalue weighted by Gasteiger charge is -2.31. The molecule has 3 nitrogen and oxygen atoms in total. The molecule has 0 unspecified atom stereocenters. The fraction of sp³-hybridized carbons (Fsp3) is 0.833. The maximum Gasteiger partial charge on any atom is 0.389 e. The summed E-state index contributed by atoms with van der Waals surface area (Å²) in [6, 6.07) is 0. The van der Waals surface area contributed by atoms with Gasteiger partial charge in [-0.25, -0.2) is 0 Å². The fourth-order valence-corrected chi connectivity index (χ4v) is 2.03. The molecule has 1 rings (SSSR count). The van der Waals surface area contributed by atoms with E-state index in [-0.39, 0.29) is 42.9 Å². The Morgan fingerprint density at radius 1 is 1.22 bits per heavy atom. The maximum absolute atomic E-state index is 11.9. The second-order valence-corrected chi connectivity index (χ2v) is 5.42. The minimum Gasteiger partial charge on any atom is -0.363 e. The maximum atomic E-state index is 11.9. The Hall–Kier alpha value is -0.910. The Balaban J connectivity index is 2.39. The van der Waals surface area contributed by atoms with Crippen molar-refractivity contribution >= 4 is 11.6 Å². The molecule has 0 aromatic heterocycles. The van der Waals surface area contributed by atoms with Crippen LogP contribution in [0.5, 0.6) is 0 Å². The molecule has 6 heteroatoms. The van der Waals surface area contributed by atoms with E-state index in [9.17, 15) is 22.8 Å². The summed E-state index contributed by atoms with van der Waals surface area (Å²) in [7, 11) is 0. The Labute approximate surface area is 104 Å². The highest BCUT2D eigenvalue weighted by Crippen LogP contribution is 2.32. The average Bonchev–Trinajstić information content (AvgIpc) is 2.11. The Morgan fingerprint density at radius 3 is 2.17 bits per heavy atom. The van der Waals surface area contributed by atoms with Crippen molar-refractivity contribution in [1.82, 2.24) is 0 Å². The SMILES string of the molecule is CC1(C)CC(=O)C(OCCCC(F)(F)F)C(=O)C1. The summed E-state index contributed by atoms with van der Waals surface area (Å²) in [6.07, 6.45) is -6.14. The molecule has 1 saturated carbocycles. The van der Waals surface area contributed by atoms with Gasteiger partial charge in [0.15, 0.2) is 17.7 Å². The molecule has 0 radical (unpaired) electrons. The first-order valence-corrected chi connectivity index (χ1v) is 5.84. The number of ether oxygens (including phenoxy) is 1. The van der Waals surface area contributed by atoms with Crippen LogP contribution in [0.1, 0.15) is 39.5 Å². The van der Waals surface area contributed by atoms with E-state index in [1.165, 1.54) is 0 Å². The van der Waals surface area contributed by atoms with Crippen LogP contribution in [0.25, 0.3) is 0 Å². The number of halogens is 3. The van der Waals surface area contributed by atoms with E-state index >= 15 is 0 Å². The average molecular weight is 266 g/mol. The molecule has 0 aromatic carbocycles. The first kappa shape index (κ1) is 15.1. The summed E-state index contributed by atoms with van der Waals surface area (Å²) >= 11 is 0. The first-order valence-electron chi connectivity index (χ1n) is 5.84. The topological polar surface area (TPSA) is 43.4 Å². The smallest absolute Gasteiger partial charge is 0.363 e. The van der Waals surface area contributed by atoms with Crippen LogP contribution in [0.3, 0.4) is 0 Å². The van der Waals surface area contributed by atoms with Crippen LogP contribution >= 0.6 is 0 Å². The summed E-state index contributed by atoms with van der Waals surface area (Å²) in [5.74, 6) is -0.661. The fourth-order valence-electron chi connectivity index (χ4n) is 2.03. The molecular formula is C12H17F3O3. The van der Waals surface area contributed by atoms with Crippen molar-refractivity contribution < 1.29 is 27.5 Å². The third kappa shape index (κ3) is 4.76. The van der Waals surface area contributed by atoms with Crippen LogP contribution < -0.4 is 0 Å². The van der Waals surface area contributed by atoms with Crippen LogP contribution in [0, 0.1) is 5.41 Å². The molecule has 1 aliphatic carbocycles. The molecule has 0 bridgehead atoms. The van der Waals surface area contributed by atoms with Crippen LogP contribution in [-0.2, 0) is 14.3 Å². The van der Waals surface area contributed by atoms with E-state index in [1.807, 2.05) is 13.8 Å². The minimum absolute atomic E-state index is 0.220. The standard InChI is InChI=1S/C12H17F3O3/c1-11(2)6-8(16)10(9(17)7-11)18-5-3-4-12(13,14)15/h10H,3-7H2,1-2H3. The number of hydrogen-bond donors (Lipinski definition) is 0. The van der Waals surface area contributed by atoms with E-state index in [0.29, 0.717) is 0 Å². The predicted octanol–water partition coefficient (Wildman–Crippen LogP) is 2.67. The molecule has 0 aliphatic heterocycles. The quantitative estimate of drug-likeness (QED) is 0.580. The van der Waals surface area contributed by atoms with Crippen molar-refractivity contribution in [1.29, 1.82) is 0 Å². The molecule has 104 valence electrons. The third-order valence-electron chi connectivity index (χ3n) is 2.78. The molecule has 0 aromatic rings. The number of ketones is 2. The van der Waals surface area contributed by atoms with E-state index in [1.54, 1.807) is 0 Å². The van der Waals surface area contributed by atoms with Crippen LogP contribution in [0.4, 0.5) is 13.2 Å². The van der Waals surface area contributed by atoms with Crippen molar-refractivity contribution in [3.63, 3.8) is 0 Å². The van der Waals surface area contributed by atoms with Gasteiger partial charge in [0.1, 0.15) is 0 Å². The van der Waals surface area contributed by atoms with Gasteiger partial charge in [-0.1, -0.05) is 13.8 Å². The zero-order chi connectivity index (χ0) is 14.0. The zero-order valence-electron chi connectivity index (χ0n) is 10.5. The van der Waals surface area contributed by atoms with Gasteiger partial charge in [0.05, 0.1) is 0 Å². The number of carbonyl (C=O) groups is 2. The van der Waals surface area contributed by atoms with Gasteiger partial charge in [-0.2, -0.15) is 13.2 Å². The van der Waals surface area contributed by atoms with Gasteiger partial charge in [0.2, 0.25) is 0 Å². The minimum atomic E-state index is -4.23. The molecular weight excluding hydrogens is 249 g/mol. The summed E-state index contributed by atoms with van der Waals surface area (Å²) in [6.45, 7) is 3.40. The highest BCUT2D eigenvalue weighted by molar-refractivity contribution is 6.08. The number of hydrogen-bond acceptors (Lipinski definition) is 3. The van der Waals surface area contributed by atoms with Crippen molar-refractivity contribution in [2.75, 3.05) is 6.61 Å². The molecule has 0 saturated heterocycles. The van der Waals surface area contributed by atoms with Gasteiger partial charge in [0, 0.05) is 25.9 Å². The van der Waals surface area contributed by atoms with Crippen molar-refractivity contribution in [2.45, 2.75) is 51.8 Å². The second kappa shape index (κ2) is 5.38. The monoisotopic (exact) mass is 266 g/mol. The molecule has 0 heterocycles. The van der Waals surface area contributed by atoms with Gasteiger partial charge >= 0.3 is 6.18 Å². The molecule has 1 aliphatic rings. The zero-order valence-corrected chi connectivity index (χ0v) is 10.5. The third-order valence-corrected chi connectivity index (χ3v) is 2.78. The lowest BCUT2D eigenvalue weighted by molar-refractivity contribution is -0.152. The van der Waals surface area contributed by atoms with Crippen molar-refractivity contribution in [2.24, 2.45) is 5.41 Å². The van der Waals surface area contributed by atoms with Gasteiger partial charge in [-0.05, 0) is 11.8 Å². The molecule has 0 atom stereocenters. The number of rotatable bonds is 4. The van der Waals surface area contributed by atoms with Crippen LogP contribution in [0.15, 0.2) is 0 Å². The lowest BCUT2D eigenvalue weighted by Crippen LogP contribution is -2.43. The molecule has 0 amide bonds. The molecule has 1 fully saturated rings. The van der Waals surface area contributed by atoms with Crippen LogP contribution in [-0.4, -0.2) is 30.5 Å². The van der Waals surface area contributed by atoms with E-state index < -0.39 is 18.7 Å². The largest absolute Gasteiger partial charge is 0.389 e. The number of carbonyl (C=O) groups excluding carboxylic acids is 2. The molecule has 18 heavy (non-hydrogen) atoms. The summed E-state index contributed by atoms with van der Waals surface area (Å²) in [4.78, 5) is 23.3. The number of Topliss-reactive ketones (excluding diaryl/α,β-unsaturated/α-hetero) is 2.